The second kappa shape index (κ2) is 15.4. The van der Waals surface area contributed by atoms with Crippen molar-refractivity contribution in [2.75, 3.05) is 14.1 Å². The number of hydrogen-bond donors (Lipinski definition) is 0. The Bertz CT molecular complexity index is 1580. The first-order chi connectivity index (χ1) is 21.6. The third kappa shape index (κ3) is 7.98. The van der Waals surface area contributed by atoms with E-state index in [1.165, 1.54) is 15.9 Å². The molecule has 2 unspecified atom stereocenters. The van der Waals surface area contributed by atoms with Gasteiger partial charge in [-0.05, 0) is 87.2 Å². The van der Waals surface area contributed by atoms with Crippen molar-refractivity contribution in [3.8, 4) is 11.5 Å². The highest BCUT2D eigenvalue weighted by atomic mass is 32.4. The average Bonchev–Trinajstić information content (AvgIpc) is 3.09. The van der Waals surface area contributed by atoms with Gasteiger partial charge in [-0.15, -0.1) is 0 Å². The molecular formula is C37H47N3O2P2S. The largest absolute Gasteiger partial charge is 0.488 e. The van der Waals surface area contributed by atoms with Crippen LogP contribution < -0.4 is 25.4 Å². The lowest BCUT2D eigenvalue weighted by molar-refractivity contribution is 0.0803. The summed E-state index contributed by atoms with van der Waals surface area (Å²) in [7, 11) is 1.70. The van der Waals surface area contributed by atoms with E-state index >= 15 is 0 Å². The quantitative estimate of drug-likeness (QED) is 0.0771. The van der Waals surface area contributed by atoms with Crippen molar-refractivity contribution in [2.24, 2.45) is 9.85 Å². The molecule has 0 saturated heterocycles. The fourth-order valence-electron chi connectivity index (χ4n) is 5.19. The van der Waals surface area contributed by atoms with Crippen LogP contribution in [0.5, 0.6) is 11.5 Å². The van der Waals surface area contributed by atoms with Crippen LogP contribution in [0.2, 0.25) is 0 Å². The Labute approximate surface area is 276 Å². The van der Waals surface area contributed by atoms with Crippen molar-refractivity contribution in [3.63, 3.8) is 0 Å². The molecule has 2 atom stereocenters. The summed E-state index contributed by atoms with van der Waals surface area (Å²) >= 11 is 6.11. The zero-order valence-corrected chi connectivity index (χ0v) is 30.3. The Hall–Kier alpha value is -3.17. The van der Waals surface area contributed by atoms with Gasteiger partial charge in [-0.25, -0.2) is 0 Å². The number of ether oxygens (including phenoxy) is 2. The molecule has 8 heteroatoms. The molecule has 0 fully saturated rings. The predicted octanol–water partition coefficient (Wildman–Crippen LogP) is 8.81. The van der Waals surface area contributed by atoms with Gasteiger partial charge in [-0.3, -0.25) is 9.52 Å². The van der Waals surface area contributed by atoms with E-state index in [1.54, 1.807) is 0 Å². The third-order valence-corrected chi connectivity index (χ3v) is 16.5. The van der Waals surface area contributed by atoms with Gasteiger partial charge in [0, 0.05) is 30.0 Å². The predicted molar refractivity (Wildman–Crippen MR) is 200 cm³/mol. The summed E-state index contributed by atoms with van der Waals surface area (Å²) in [4.78, 5) is 0. The van der Waals surface area contributed by atoms with E-state index in [-0.39, 0.29) is 5.60 Å². The molecule has 0 N–H and O–H groups in total. The van der Waals surface area contributed by atoms with Gasteiger partial charge in [0.1, 0.15) is 22.4 Å². The van der Waals surface area contributed by atoms with Gasteiger partial charge in [0.05, 0.1) is 20.1 Å². The lowest BCUT2D eigenvalue weighted by Crippen LogP contribution is -2.31. The molecule has 0 radical (unpaired) electrons. The highest BCUT2D eigenvalue weighted by Crippen LogP contribution is 2.48. The van der Waals surface area contributed by atoms with Gasteiger partial charge in [0.2, 0.25) is 0 Å². The fraction of sp³-hybridized carbons (Fsp3) is 0.324. The molecule has 0 saturated carbocycles. The van der Waals surface area contributed by atoms with Crippen LogP contribution in [0.4, 0.5) is 0 Å². The van der Waals surface area contributed by atoms with Crippen molar-refractivity contribution in [1.29, 1.82) is 0 Å². The Morgan fingerprint density at radius 1 is 0.711 bits per heavy atom. The molecular weight excluding hydrogens is 612 g/mol. The molecule has 4 rings (SSSR count). The van der Waals surface area contributed by atoms with Crippen LogP contribution in [0.1, 0.15) is 59.4 Å². The zero-order chi connectivity index (χ0) is 32.5. The maximum Gasteiger partial charge on any atom is 0.149 e. The maximum atomic E-state index is 6.67. The van der Waals surface area contributed by atoms with Crippen molar-refractivity contribution in [3.05, 3.63) is 115 Å². The molecule has 0 spiro atoms. The molecule has 0 aliphatic heterocycles. The number of nitrogens with zero attached hydrogens (tertiary/aromatic N) is 3. The number of hydrogen-bond acceptors (Lipinski definition) is 5. The summed E-state index contributed by atoms with van der Waals surface area (Å²) in [5.41, 5.74) is 0.841. The van der Waals surface area contributed by atoms with Gasteiger partial charge in [-0.1, -0.05) is 93.2 Å². The summed E-state index contributed by atoms with van der Waals surface area (Å²) in [6, 6.07) is 37.7. The third-order valence-electron chi connectivity index (χ3n) is 8.65. The van der Waals surface area contributed by atoms with Crippen LogP contribution in [-0.2, 0) is 11.8 Å². The summed E-state index contributed by atoms with van der Waals surface area (Å²) < 4.78 is 19.9. The average molecular weight is 660 g/mol. The first kappa shape index (κ1) is 34.7. The standard InChI is InChI=1S/C37H47N3O2P2S/c1-8-36(4,9-2)41-31-23-21-30(22-24-31)29-39-40(7)43(45)37(5,10-3)42-32-25-27-35(28-26-32)44(38-6,33-17-13-11-14-18-33)34-19-15-12-16-20-34/h11-29,43H,8-10H2,1-7H3. The second-order valence-electron chi connectivity index (χ2n) is 11.6. The normalized spacial score (nSPS) is 14.0. The first-order valence-corrected chi connectivity index (χ1v) is 20.0. The minimum atomic E-state index is -2.18. The van der Waals surface area contributed by atoms with Crippen LogP contribution in [0.15, 0.2) is 119 Å². The Kier molecular flexibility index (Phi) is 11.9. The summed E-state index contributed by atoms with van der Waals surface area (Å²) in [6.45, 7) is 9.06. The zero-order valence-electron chi connectivity index (χ0n) is 27.6. The van der Waals surface area contributed by atoms with Gasteiger partial charge in [-0.2, -0.15) is 5.10 Å². The lowest BCUT2D eigenvalue weighted by Gasteiger charge is -2.34. The minimum absolute atomic E-state index is 0.153. The van der Waals surface area contributed by atoms with Crippen molar-refractivity contribution < 1.29 is 9.47 Å². The van der Waals surface area contributed by atoms with Crippen LogP contribution >= 0.6 is 13.9 Å². The lowest BCUT2D eigenvalue weighted by atomic mass is 10.00. The SMILES string of the molecule is CCC(C)(CC)Oc1ccc(C=NN(C)[PH](=S)C(C)(CC)Oc2ccc(P(=NC)(c3ccccc3)c3ccccc3)cc2)cc1. The fourth-order valence-corrected chi connectivity index (χ4v) is 10.6. The minimum Gasteiger partial charge on any atom is -0.488 e. The van der Waals surface area contributed by atoms with E-state index in [2.05, 4.69) is 120 Å². The van der Waals surface area contributed by atoms with Gasteiger partial charge < -0.3 is 9.47 Å². The smallest absolute Gasteiger partial charge is 0.149 e. The van der Waals surface area contributed by atoms with E-state index < -0.39 is 19.2 Å². The van der Waals surface area contributed by atoms with Crippen LogP contribution in [0.25, 0.3) is 0 Å². The molecule has 0 heterocycles. The summed E-state index contributed by atoms with van der Waals surface area (Å²) in [5.74, 6) is 1.67. The highest BCUT2D eigenvalue weighted by molar-refractivity contribution is 8.04. The molecule has 4 aromatic rings. The monoisotopic (exact) mass is 659 g/mol. The van der Waals surface area contributed by atoms with Crippen molar-refractivity contribution in [1.82, 2.24) is 4.78 Å². The summed E-state index contributed by atoms with van der Waals surface area (Å²) in [6.07, 6.45) is 4.54. The van der Waals surface area contributed by atoms with Crippen LogP contribution in [0.3, 0.4) is 0 Å². The van der Waals surface area contributed by atoms with E-state index in [1.807, 2.05) is 49.4 Å². The Morgan fingerprint density at radius 2 is 1.18 bits per heavy atom. The van der Waals surface area contributed by atoms with Crippen molar-refractivity contribution >= 4 is 47.8 Å². The van der Waals surface area contributed by atoms with Crippen molar-refractivity contribution in [2.45, 2.75) is 64.8 Å². The Morgan fingerprint density at radius 3 is 1.64 bits per heavy atom. The van der Waals surface area contributed by atoms with E-state index in [4.69, 9.17) is 31.1 Å². The molecule has 5 nitrogen and oxygen atoms in total. The molecule has 45 heavy (non-hydrogen) atoms. The van der Waals surface area contributed by atoms with Gasteiger partial charge in [0.25, 0.3) is 0 Å². The van der Waals surface area contributed by atoms with Crippen LogP contribution in [-0.4, -0.2) is 36.0 Å². The molecule has 0 amide bonds. The molecule has 0 aliphatic rings. The topological polar surface area (TPSA) is 46.4 Å². The van der Waals surface area contributed by atoms with Gasteiger partial charge in [0.15, 0.2) is 0 Å². The second-order valence-corrected chi connectivity index (χ2v) is 18.3. The summed E-state index contributed by atoms with van der Waals surface area (Å²) in [5, 5.41) is 7.82. The molecule has 0 bridgehead atoms. The molecule has 238 valence electrons. The number of hydrazone groups is 1. The van der Waals surface area contributed by atoms with Gasteiger partial charge >= 0.3 is 0 Å². The maximum absolute atomic E-state index is 6.67. The highest BCUT2D eigenvalue weighted by Gasteiger charge is 2.32. The molecule has 0 aliphatic carbocycles. The van der Waals surface area contributed by atoms with E-state index in [0.717, 1.165) is 36.3 Å². The Balaban J connectivity index is 1.51. The first-order valence-electron chi connectivity index (χ1n) is 15.7. The van der Waals surface area contributed by atoms with Crippen LogP contribution in [0, 0.1) is 0 Å². The van der Waals surface area contributed by atoms with E-state index in [9.17, 15) is 0 Å². The van der Waals surface area contributed by atoms with E-state index in [0.29, 0.717) is 0 Å². The number of rotatable bonds is 14. The number of benzene rings is 4. The molecule has 0 aromatic heterocycles. The molecule has 4 aromatic carbocycles.